The summed E-state index contributed by atoms with van der Waals surface area (Å²) < 4.78 is 43.5. The Labute approximate surface area is 156 Å². The number of anilines is 1. The second-order valence-corrected chi connectivity index (χ2v) is 6.22. The Morgan fingerprint density at radius 2 is 2.07 bits per heavy atom. The number of alkyl halides is 3. The highest BCUT2D eigenvalue weighted by atomic mass is 35.5. The summed E-state index contributed by atoms with van der Waals surface area (Å²) in [5.41, 5.74) is -1.44. The Bertz CT molecular complexity index is 915. The molecule has 3 heterocycles. The summed E-state index contributed by atoms with van der Waals surface area (Å²) in [7, 11) is 1.27. The van der Waals surface area contributed by atoms with Gasteiger partial charge in [-0.3, -0.25) is 4.79 Å². The summed E-state index contributed by atoms with van der Waals surface area (Å²) >= 11 is 6.17. The summed E-state index contributed by atoms with van der Waals surface area (Å²) in [5.74, 6) is -0.551. The highest BCUT2D eigenvalue weighted by Crippen LogP contribution is 2.31. The largest absolute Gasteiger partial charge is 0.467 e. The summed E-state index contributed by atoms with van der Waals surface area (Å²) in [6.45, 7) is 0.489. The Hall–Kier alpha value is -2.62. The van der Waals surface area contributed by atoms with Crippen LogP contribution in [0.4, 0.5) is 18.9 Å². The van der Waals surface area contributed by atoms with E-state index < -0.39 is 29.3 Å². The van der Waals surface area contributed by atoms with Crippen molar-refractivity contribution in [3.63, 3.8) is 0 Å². The van der Waals surface area contributed by atoms with E-state index in [1.54, 1.807) is 4.90 Å². The van der Waals surface area contributed by atoms with Crippen LogP contribution in [0.15, 0.2) is 29.3 Å². The van der Waals surface area contributed by atoms with Crippen LogP contribution >= 0.6 is 11.6 Å². The van der Waals surface area contributed by atoms with Gasteiger partial charge in [-0.25, -0.2) is 9.78 Å². The minimum absolute atomic E-state index is 0.104. The van der Waals surface area contributed by atoms with E-state index in [1.165, 1.54) is 13.3 Å². The van der Waals surface area contributed by atoms with E-state index in [9.17, 15) is 22.8 Å². The first-order valence-electron chi connectivity index (χ1n) is 7.90. The van der Waals surface area contributed by atoms with E-state index in [-0.39, 0.29) is 16.5 Å². The second-order valence-electron chi connectivity index (χ2n) is 5.84. The number of methoxy groups -OCH3 is 1. The van der Waals surface area contributed by atoms with Crippen LogP contribution < -0.4 is 10.5 Å². The highest BCUT2D eigenvalue weighted by molar-refractivity contribution is 6.33. The van der Waals surface area contributed by atoms with Crippen molar-refractivity contribution in [3.8, 4) is 5.82 Å². The molecule has 3 rings (SSSR count). The maximum atomic E-state index is 12.6. The van der Waals surface area contributed by atoms with E-state index in [4.69, 9.17) is 16.3 Å². The van der Waals surface area contributed by atoms with Crippen molar-refractivity contribution in [3.05, 3.63) is 45.5 Å². The average Bonchev–Trinajstić information content (AvgIpc) is 3.12. The minimum atomic E-state index is -4.54. The Kier molecular flexibility index (Phi) is 5.09. The van der Waals surface area contributed by atoms with Crippen LogP contribution in [-0.4, -0.2) is 40.4 Å². The van der Waals surface area contributed by atoms with Gasteiger partial charge < -0.3 is 9.64 Å². The normalized spacial score (nSPS) is 17.2. The maximum absolute atomic E-state index is 12.6. The number of ether oxygens (including phenoxy) is 1. The number of nitrogens with zero attached hydrogens (tertiary/aromatic N) is 4. The molecule has 0 aliphatic carbocycles. The third-order valence-electron chi connectivity index (χ3n) is 4.23. The lowest BCUT2D eigenvalue weighted by atomic mass is 10.2. The van der Waals surface area contributed by atoms with Crippen molar-refractivity contribution in [2.24, 2.45) is 0 Å². The molecule has 0 aromatic carbocycles. The van der Waals surface area contributed by atoms with Gasteiger partial charge in [-0.1, -0.05) is 11.6 Å². The molecule has 1 aliphatic heterocycles. The number of hydrogen-bond donors (Lipinski definition) is 0. The number of carbonyl (C=O) groups excluding carboxylic acids is 1. The first kappa shape index (κ1) is 19.2. The van der Waals surface area contributed by atoms with E-state index in [0.29, 0.717) is 25.6 Å². The molecule has 1 fully saturated rings. The predicted octanol–water partition coefficient (Wildman–Crippen LogP) is 2.44. The molecule has 0 N–H and O–H groups in total. The van der Waals surface area contributed by atoms with Gasteiger partial charge in [0.05, 0.1) is 24.6 Å². The zero-order valence-electron chi connectivity index (χ0n) is 14.0. The smallest absolute Gasteiger partial charge is 0.417 e. The monoisotopic (exact) mass is 402 g/mol. The second kappa shape index (κ2) is 7.18. The van der Waals surface area contributed by atoms with Gasteiger partial charge in [0.2, 0.25) is 0 Å². The van der Waals surface area contributed by atoms with Crippen molar-refractivity contribution in [2.75, 3.05) is 18.6 Å². The van der Waals surface area contributed by atoms with Gasteiger partial charge in [0, 0.05) is 12.7 Å². The number of esters is 1. The number of rotatable bonds is 3. The van der Waals surface area contributed by atoms with Crippen molar-refractivity contribution in [2.45, 2.75) is 25.1 Å². The van der Waals surface area contributed by atoms with Gasteiger partial charge in [0.25, 0.3) is 5.56 Å². The molecule has 2 aromatic rings. The molecule has 11 heteroatoms. The first-order valence-corrected chi connectivity index (χ1v) is 8.27. The van der Waals surface area contributed by atoms with Crippen LogP contribution in [0.25, 0.3) is 5.82 Å². The fourth-order valence-electron chi connectivity index (χ4n) is 2.90. The zero-order chi connectivity index (χ0) is 19.8. The third-order valence-corrected chi connectivity index (χ3v) is 4.58. The SMILES string of the molecule is COC(=O)[C@H]1CCCN1c1cnn(-c2ccc(C(F)(F)F)cn2)c(=O)c1Cl. The molecule has 144 valence electrons. The maximum Gasteiger partial charge on any atom is 0.417 e. The lowest BCUT2D eigenvalue weighted by Crippen LogP contribution is -2.38. The van der Waals surface area contributed by atoms with Crippen molar-refractivity contribution >= 4 is 23.3 Å². The fourth-order valence-corrected chi connectivity index (χ4v) is 3.14. The van der Waals surface area contributed by atoms with E-state index in [1.807, 2.05) is 0 Å². The molecule has 0 spiro atoms. The lowest BCUT2D eigenvalue weighted by Gasteiger charge is -2.25. The van der Waals surface area contributed by atoms with Crippen molar-refractivity contribution < 1.29 is 22.7 Å². The molecule has 27 heavy (non-hydrogen) atoms. The van der Waals surface area contributed by atoms with Gasteiger partial charge >= 0.3 is 12.1 Å². The molecular formula is C16H14ClF3N4O3. The molecule has 0 bridgehead atoms. The molecule has 2 aromatic heterocycles. The predicted molar refractivity (Wildman–Crippen MR) is 90.0 cm³/mol. The summed E-state index contributed by atoms with van der Waals surface area (Å²) in [5, 5.41) is 3.74. The average molecular weight is 403 g/mol. The number of carbonyl (C=O) groups is 1. The van der Waals surface area contributed by atoms with Crippen LogP contribution in [0.3, 0.4) is 0 Å². The fraction of sp³-hybridized carbons (Fsp3) is 0.375. The standard InChI is InChI=1S/C16H14ClF3N4O3/c1-27-15(26)10-3-2-6-23(10)11-8-22-24(14(25)13(11)17)12-5-4-9(7-21-12)16(18,19)20/h4-5,7-8,10H,2-3,6H2,1H3/t10-/m1/s1. The van der Waals surface area contributed by atoms with E-state index >= 15 is 0 Å². The van der Waals surface area contributed by atoms with Crippen LogP contribution in [-0.2, 0) is 15.7 Å². The lowest BCUT2D eigenvalue weighted by molar-refractivity contribution is -0.142. The zero-order valence-corrected chi connectivity index (χ0v) is 14.8. The van der Waals surface area contributed by atoms with Crippen LogP contribution in [0.2, 0.25) is 5.02 Å². The van der Waals surface area contributed by atoms with E-state index in [2.05, 4.69) is 10.1 Å². The topological polar surface area (TPSA) is 77.3 Å². The number of halogens is 4. The van der Waals surface area contributed by atoms with Gasteiger partial charge in [-0.05, 0) is 25.0 Å². The number of pyridine rings is 1. The van der Waals surface area contributed by atoms with Crippen molar-refractivity contribution in [1.29, 1.82) is 0 Å². The van der Waals surface area contributed by atoms with Gasteiger partial charge in [-0.15, -0.1) is 0 Å². The minimum Gasteiger partial charge on any atom is -0.467 e. The molecule has 7 nitrogen and oxygen atoms in total. The summed E-state index contributed by atoms with van der Waals surface area (Å²) in [6.07, 6.45) is -1.39. The number of hydrogen-bond acceptors (Lipinski definition) is 6. The van der Waals surface area contributed by atoms with Crippen LogP contribution in [0.1, 0.15) is 18.4 Å². The highest BCUT2D eigenvalue weighted by Gasteiger charge is 2.34. The molecule has 0 amide bonds. The molecule has 0 unspecified atom stereocenters. The Morgan fingerprint density at radius 1 is 1.33 bits per heavy atom. The summed E-state index contributed by atoms with van der Waals surface area (Å²) in [4.78, 5) is 29.7. The summed E-state index contributed by atoms with van der Waals surface area (Å²) in [6, 6.07) is 1.25. The number of aromatic nitrogens is 3. The first-order chi connectivity index (χ1) is 12.7. The molecule has 1 aliphatic rings. The molecule has 0 radical (unpaired) electrons. The van der Waals surface area contributed by atoms with E-state index in [0.717, 1.165) is 16.8 Å². The third kappa shape index (κ3) is 3.61. The molecule has 0 saturated carbocycles. The van der Waals surface area contributed by atoms with Crippen LogP contribution in [0, 0.1) is 0 Å². The Balaban J connectivity index is 1.96. The molecule has 1 atom stereocenters. The van der Waals surface area contributed by atoms with Gasteiger partial charge in [0.15, 0.2) is 5.82 Å². The van der Waals surface area contributed by atoms with Gasteiger partial charge in [-0.2, -0.15) is 23.0 Å². The van der Waals surface area contributed by atoms with Crippen molar-refractivity contribution in [1.82, 2.24) is 14.8 Å². The quantitative estimate of drug-likeness (QED) is 0.734. The Morgan fingerprint density at radius 3 is 2.67 bits per heavy atom. The van der Waals surface area contributed by atoms with Crippen LogP contribution in [0.5, 0.6) is 0 Å². The van der Waals surface area contributed by atoms with Gasteiger partial charge in [0.1, 0.15) is 11.1 Å². The molecular weight excluding hydrogens is 389 g/mol. The molecule has 1 saturated heterocycles.